The first kappa shape index (κ1) is 22.3. The summed E-state index contributed by atoms with van der Waals surface area (Å²) in [7, 11) is -0.409. The molecule has 176 valence electrons. The van der Waals surface area contributed by atoms with Crippen LogP contribution in [0.1, 0.15) is 35.1 Å². The Balaban J connectivity index is 1.50. The fourth-order valence-electron chi connectivity index (χ4n) is 5.05. The second-order valence-corrected chi connectivity index (χ2v) is 10.5. The van der Waals surface area contributed by atoms with Gasteiger partial charge in [0.25, 0.3) is 10.0 Å². The van der Waals surface area contributed by atoms with E-state index in [0.717, 1.165) is 40.3 Å². The average Bonchev–Trinajstić information content (AvgIpc) is 3.33. The van der Waals surface area contributed by atoms with Gasteiger partial charge in [0.2, 0.25) is 0 Å². The van der Waals surface area contributed by atoms with Gasteiger partial charge in [-0.15, -0.1) is 0 Å². The van der Waals surface area contributed by atoms with Crippen LogP contribution in [0.3, 0.4) is 0 Å². The summed E-state index contributed by atoms with van der Waals surface area (Å²) in [4.78, 5) is 0.258. The predicted octanol–water partition coefficient (Wildman–Crippen LogP) is 5.64. The van der Waals surface area contributed by atoms with Crippen molar-refractivity contribution in [1.29, 1.82) is 0 Å². The highest BCUT2D eigenvalue weighted by Crippen LogP contribution is 2.51. The summed E-state index contributed by atoms with van der Waals surface area (Å²) in [5.74, 6) is 1.88. The zero-order valence-corrected chi connectivity index (χ0v) is 20.2. The first-order chi connectivity index (χ1) is 16.4. The van der Waals surface area contributed by atoms with Gasteiger partial charge in [0, 0.05) is 28.9 Å². The van der Waals surface area contributed by atoms with Gasteiger partial charge >= 0.3 is 0 Å². The highest BCUT2D eigenvalue weighted by molar-refractivity contribution is 7.92. The van der Waals surface area contributed by atoms with Crippen LogP contribution in [0, 0.1) is 12.8 Å². The molecular weight excluding hydrogens is 448 g/mol. The van der Waals surface area contributed by atoms with Crippen molar-refractivity contribution in [2.24, 2.45) is 5.92 Å². The number of methoxy groups -OCH3 is 2. The van der Waals surface area contributed by atoms with Gasteiger partial charge in [-0.2, -0.15) is 0 Å². The Labute approximate surface area is 200 Å². The van der Waals surface area contributed by atoms with Gasteiger partial charge in [0.15, 0.2) is 0 Å². The van der Waals surface area contributed by atoms with Crippen molar-refractivity contribution in [3.05, 3.63) is 89.5 Å². The minimum absolute atomic E-state index is 0.0289. The molecule has 0 radical (unpaired) electrons. The zero-order valence-electron chi connectivity index (χ0n) is 19.4. The number of benzene rings is 3. The summed E-state index contributed by atoms with van der Waals surface area (Å²) < 4.78 is 40.0. The maximum atomic E-state index is 13.1. The molecular formula is C27H28N2O4S. The molecule has 0 fully saturated rings. The molecule has 7 heteroatoms. The standard InChI is InChI=1S/C27H28N2O4S/c1-17-6-4-7-18(14-17)29-34(30,31)20-11-13-25-24(16-20)21-8-5-9-22(21)27(28-25)23-12-10-19(32-2)15-26(23)33-3/h4-8,10-16,21-22,27-29H,9H2,1-3H3/t21-,22+,27-/m0/s1. The lowest BCUT2D eigenvalue weighted by Gasteiger charge is -2.38. The van der Waals surface area contributed by atoms with Gasteiger partial charge in [0.05, 0.1) is 25.2 Å². The van der Waals surface area contributed by atoms with Crippen LogP contribution in [-0.2, 0) is 10.0 Å². The van der Waals surface area contributed by atoms with E-state index in [-0.39, 0.29) is 22.8 Å². The third-order valence-corrected chi connectivity index (χ3v) is 8.07. The van der Waals surface area contributed by atoms with E-state index in [1.807, 2.05) is 49.4 Å². The number of fused-ring (bicyclic) bond motifs is 3. The monoisotopic (exact) mass is 476 g/mol. The minimum Gasteiger partial charge on any atom is -0.497 e. The number of hydrogen-bond donors (Lipinski definition) is 2. The van der Waals surface area contributed by atoms with E-state index in [2.05, 4.69) is 22.2 Å². The normalized spacial score (nSPS) is 20.7. The quantitative estimate of drug-likeness (QED) is 0.450. The molecule has 1 heterocycles. The molecule has 0 bridgehead atoms. The predicted molar refractivity (Wildman–Crippen MR) is 134 cm³/mol. The molecule has 0 aromatic heterocycles. The second-order valence-electron chi connectivity index (χ2n) is 8.81. The van der Waals surface area contributed by atoms with Crippen molar-refractivity contribution in [2.75, 3.05) is 24.3 Å². The third-order valence-electron chi connectivity index (χ3n) is 6.69. The Morgan fingerprint density at radius 3 is 2.59 bits per heavy atom. The van der Waals surface area contributed by atoms with Crippen molar-refractivity contribution in [3.8, 4) is 11.5 Å². The van der Waals surface area contributed by atoms with Crippen molar-refractivity contribution in [1.82, 2.24) is 0 Å². The smallest absolute Gasteiger partial charge is 0.261 e. The molecule has 3 aromatic carbocycles. The Bertz CT molecular complexity index is 1370. The number of rotatable bonds is 6. The summed E-state index contributed by atoms with van der Waals surface area (Å²) in [5.41, 5.74) is 4.54. The fourth-order valence-corrected chi connectivity index (χ4v) is 6.13. The van der Waals surface area contributed by atoms with Crippen LogP contribution in [0.5, 0.6) is 11.5 Å². The lowest BCUT2D eigenvalue weighted by molar-refractivity contribution is 0.372. The Kier molecular flexibility index (Phi) is 5.73. The minimum atomic E-state index is -3.71. The van der Waals surface area contributed by atoms with E-state index >= 15 is 0 Å². The van der Waals surface area contributed by atoms with E-state index in [9.17, 15) is 8.42 Å². The van der Waals surface area contributed by atoms with E-state index in [0.29, 0.717) is 5.69 Å². The number of aryl methyl sites for hydroxylation is 1. The van der Waals surface area contributed by atoms with Crippen molar-refractivity contribution in [2.45, 2.75) is 30.2 Å². The summed E-state index contributed by atoms with van der Waals surface area (Å²) in [5, 5.41) is 3.66. The van der Waals surface area contributed by atoms with Crippen molar-refractivity contribution >= 4 is 21.4 Å². The highest BCUT2D eigenvalue weighted by Gasteiger charge is 2.39. The number of nitrogens with one attached hydrogen (secondary N) is 2. The number of sulfonamides is 1. The van der Waals surface area contributed by atoms with Crippen LogP contribution in [0.4, 0.5) is 11.4 Å². The SMILES string of the molecule is COc1ccc([C@H]2Nc3ccc(S(=O)(=O)Nc4cccc(C)c4)cc3[C@H]3C=CC[C@H]32)c(OC)c1. The van der Waals surface area contributed by atoms with Crippen LogP contribution in [0.25, 0.3) is 0 Å². The van der Waals surface area contributed by atoms with Crippen LogP contribution < -0.4 is 19.5 Å². The van der Waals surface area contributed by atoms with Gasteiger partial charge in [0.1, 0.15) is 11.5 Å². The van der Waals surface area contributed by atoms with E-state index < -0.39 is 10.0 Å². The van der Waals surface area contributed by atoms with Gasteiger partial charge in [-0.05, 0) is 72.9 Å². The lowest BCUT2D eigenvalue weighted by Crippen LogP contribution is -2.29. The van der Waals surface area contributed by atoms with Gasteiger partial charge in [-0.25, -0.2) is 8.42 Å². The van der Waals surface area contributed by atoms with E-state index in [4.69, 9.17) is 9.47 Å². The molecule has 0 amide bonds. The molecule has 0 unspecified atom stereocenters. The largest absolute Gasteiger partial charge is 0.497 e. The first-order valence-corrected chi connectivity index (χ1v) is 12.8. The molecule has 0 spiro atoms. The molecule has 2 aliphatic rings. The average molecular weight is 477 g/mol. The Hall–Kier alpha value is -3.45. The molecule has 1 aliphatic heterocycles. The molecule has 2 N–H and O–H groups in total. The fraction of sp³-hybridized carbons (Fsp3) is 0.259. The topological polar surface area (TPSA) is 76.7 Å². The van der Waals surface area contributed by atoms with Crippen LogP contribution in [0.2, 0.25) is 0 Å². The maximum Gasteiger partial charge on any atom is 0.261 e. The summed E-state index contributed by atoms with van der Waals surface area (Å²) in [6.07, 6.45) is 5.27. The van der Waals surface area contributed by atoms with E-state index in [1.165, 1.54) is 0 Å². The van der Waals surface area contributed by atoms with Crippen LogP contribution >= 0.6 is 0 Å². The molecule has 34 heavy (non-hydrogen) atoms. The van der Waals surface area contributed by atoms with Crippen molar-refractivity contribution < 1.29 is 17.9 Å². The molecule has 0 saturated heterocycles. The molecule has 5 rings (SSSR count). The third kappa shape index (κ3) is 4.01. The molecule has 1 aliphatic carbocycles. The number of anilines is 2. The Morgan fingerprint density at radius 1 is 0.971 bits per heavy atom. The number of hydrogen-bond acceptors (Lipinski definition) is 5. The van der Waals surface area contributed by atoms with E-state index in [1.54, 1.807) is 32.4 Å². The van der Waals surface area contributed by atoms with Crippen molar-refractivity contribution in [3.63, 3.8) is 0 Å². The number of ether oxygens (including phenoxy) is 2. The lowest BCUT2D eigenvalue weighted by atomic mass is 9.77. The number of allylic oxidation sites excluding steroid dienone is 2. The molecule has 3 aromatic rings. The van der Waals surface area contributed by atoms with Gasteiger partial charge in [-0.1, -0.05) is 24.3 Å². The van der Waals surface area contributed by atoms with Gasteiger partial charge < -0.3 is 14.8 Å². The van der Waals surface area contributed by atoms with Gasteiger partial charge in [-0.3, -0.25) is 4.72 Å². The molecule has 3 atom stereocenters. The maximum absolute atomic E-state index is 13.1. The molecule has 0 saturated carbocycles. The Morgan fingerprint density at radius 2 is 1.82 bits per heavy atom. The summed E-state index contributed by atoms with van der Waals surface area (Å²) >= 11 is 0. The van der Waals surface area contributed by atoms with Crippen LogP contribution in [0.15, 0.2) is 77.7 Å². The molecule has 6 nitrogen and oxygen atoms in total. The summed E-state index contributed by atoms with van der Waals surface area (Å²) in [6, 6.07) is 18.6. The van der Waals surface area contributed by atoms with Crippen LogP contribution in [-0.4, -0.2) is 22.6 Å². The zero-order chi connectivity index (χ0) is 23.9. The first-order valence-electron chi connectivity index (χ1n) is 11.3. The highest BCUT2D eigenvalue weighted by atomic mass is 32.2. The summed E-state index contributed by atoms with van der Waals surface area (Å²) in [6.45, 7) is 1.93. The second kappa shape index (κ2) is 8.72.